The van der Waals surface area contributed by atoms with Gasteiger partial charge in [0.1, 0.15) is 18.0 Å². The summed E-state index contributed by atoms with van der Waals surface area (Å²) >= 11 is 0. The van der Waals surface area contributed by atoms with Gasteiger partial charge in [0.2, 0.25) is 5.88 Å². The van der Waals surface area contributed by atoms with E-state index >= 15 is 0 Å². The van der Waals surface area contributed by atoms with Crippen LogP contribution in [0.4, 0.5) is 5.69 Å². The van der Waals surface area contributed by atoms with Crippen molar-refractivity contribution in [1.29, 1.82) is 0 Å². The molecule has 1 heterocycles. The molecule has 0 amide bonds. The molecular formula is C23H20N2O6S2. The van der Waals surface area contributed by atoms with Crippen LogP contribution < -0.4 is 13.8 Å². The largest absolute Gasteiger partial charge is 0.493 e. The molecule has 0 saturated carbocycles. The second-order valence-corrected chi connectivity index (χ2v) is 10.5. The van der Waals surface area contributed by atoms with Crippen LogP contribution in [0.15, 0.2) is 101 Å². The summed E-state index contributed by atoms with van der Waals surface area (Å²) in [6, 6.07) is 21.9. The van der Waals surface area contributed by atoms with Crippen LogP contribution in [0.1, 0.15) is 11.1 Å². The van der Waals surface area contributed by atoms with Gasteiger partial charge in [-0.15, -0.1) is 0 Å². The van der Waals surface area contributed by atoms with Gasteiger partial charge < -0.3 is 9.84 Å². The Kier molecular flexibility index (Phi) is 6.12. The first-order valence-electron chi connectivity index (χ1n) is 9.77. The van der Waals surface area contributed by atoms with Crippen molar-refractivity contribution in [2.24, 2.45) is 0 Å². The molecule has 1 aliphatic heterocycles. The van der Waals surface area contributed by atoms with Crippen molar-refractivity contribution < 1.29 is 26.7 Å². The lowest BCUT2D eigenvalue weighted by Crippen LogP contribution is -2.29. The Labute approximate surface area is 192 Å². The van der Waals surface area contributed by atoms with E-state index in [1.54, 1.807) is 24.3 Å². The lowest BCUT2D eigenvalue weighted by Gasteiger charge is -2.19. The molecule has 0 aromatic heterocycles. The summed E-state index contributed by atoms with van der Waals surface area (Å²) in [5.41, 5.74) is 1.50. The summed E-state index contributed by atoms with van der Waals surface area (Å²) in [7, 11) is -7.69. The normalized spacial score (nSPS) is 15.3. The Morgan fingerprint density at radius 2 is 1.64 bits per heavy atom. The van der Waals surface area contributed by atoms with Crippen LogP contribution in [0.5, 0.6) is 5.75 Å². The van der Waals surface area contributed by atoms with Crippen LogP contribution in [-0.4, -0.2) is 21.9 Å². The highest BCUT2D eigenvalue weighted by atomic mass is 32.2. The summed E-state index contributed by atoms with van der Waals surface area (Å²) in [6.07, 6.45) is 2.43. The first kappa shape index (κ1) is 22.4. The first-order valence-corrected chi connectivity index (χ1v) is 12.8. The zero-order valence-electron chi connectivity index (χ0n) is 17.2. The van der Waals surface area contributed by atoms with Gasteiger partial charge in [0.05, 0.1) is 11.1 Å². The molecule has 0 saturated heterocycles. The molecule has 8 nitrogen and oxygen atoms in total. The van der Waals surface area contributed by atoms with Crippen molar-refractivity contribution in [1.82, 2.24) is 4.72 Å². The van der Waals surface area contributed by atoms with E-state index in [4.69, 9.17) is 4.74 Å². The molecule has 0 atom stereocenters. The smallest absolute Gasteiger partial charge is 0.330 e. The van der Waals surface area contributed by atoms with Crippen molar-refractivity contribution in [3.05, 3.63) is 107 Å². The van der Waals surface area contributed by atoms with Gasteiger partial charge in [-0.25, -0.2) is 17.4 Å². The first-order chi connectivity index (χ1) is 15.7. The van der Waals surface area contributed by atoms with Gasteiger partial charge in [-0.05, 0) is 41.5 Å². The Morgan fingerprint density at radius 3 is 2.27 bits per heavy atom. The molecule has 33 heavy (non-hydrogen) atoms. The number of aliphatic hydroxyl groups is 1. The van der Waals surface area contributed by atoms with Gasteiger partial charge in [0, 0.05) is 5.41 Å². The quantitative estimate of drug-likeness (QED) is 0.529. The Balaban J connectivity index is 1.68. The number of aliphatic hydroxyl groups excluding tert-OH is 1. The maximum atomic E-state index is 12.5. The third-order valence-electron chi connectivity index (χ3n) is 4.70. The van der Waals surface area contributed by atoms with E-state index in [-0.39, 0.29) is 22.9 Å². The molecule has 1 aliphatic rings. The number of anilines is 1. The number of hydrogen-bond acceptors (Lipinski definition) is 6. The van der Waals surface area contributed by atoms with E-state index in [0.29, 0.717) is 5.56 Å². The fraction of sp³-hybridized carbons (Fsp3) is 0.0435. The minimum Gasteiger partial charge on any atom is -0.493 e. The average Bonchev–Trinajstić information content (AvgIpc) is 3.09. The van der Waals surface area contributed by atoms with Crippen molar-refractivity contribution >= 4 is 31.8 Å². The number of nitrogens with zero attached hydrogens (tertiary/aromatic N) is 1. The number of ether oxygens (including phenoxy) is 1. The van der Waals surface area contributed by atoms with Gasteiger partial charge in [0.15, 0.2) is 9.84 Å². The van der Waals surface area contributed by atoms with Crippen molar-refractivity contribution in [2.45, 2.75) is 11.5 Å². The van der Waals surface area contributed by atoms with E-state index in [2.05, 4.69) is 0 Å². The van der Waals surface area contributed by atoms with E-state index in [0.717, 1.165) is 21.5 Å². The molecular weight excluding hydrogens is 464 g/mol. The van der Waals surface area contributed by atoms with Gasteiger partial charge in [-0.1, -0.05) is 54.6 Å². The summed E-state index contributed by atoms with van der Waals surface area (Å²) in [6.45, 7) is 0.153. The fourth-order valence-electron chi connectivity index (χ4n) is 3.11. The van der Waals surface area contributed by atoms with Crippen LogP contribution >= 0.6 is 0 Å². The summed E-state index contributed by atoms with van der Waals surface area (Å²) in [4.78, 5) is 0.160. The highest BCUT2D eigenvalue weighted by Crippen LogP contribution is 2.34. The van der Waals surface area contributed by atoms with Crippen molar-refractivity contribution in [2.75, 3.05) is 4.31 Å². The second kappa shape index (κ2) is 9.00. The number of nitrogens with one attached hydrogen (secondary N) is 1. The van der Waals surface area contributed by atoms with Crippen molar-refractivity contribution in [3.63, 3.8) is 0 Å². The number of benzene rings is 3. The topological polar surface area (TPSA) is 113 Å². The van der Waals surface area contributed by atoms with E-state index < -0.39 is 25.9 Å². The van der Waals surface area contributed by atoms with Gasteiger partial charge in [0.25, 0.3) is 0 Å². The lowest BCUT2D eigenvalue weighted by molar-refractivity contribution is 0.307. The molecule has 3 aromatic carbocycles. The molecule has 2 N–H and O–H groups in total. The van der Waals surface area contributed by atoms with E-state index in [1.165, 1.54) is 30.3 Å². The number of sulfone groups is 1. The number of rotatable bonds is 7. The monoisotopic (exact) mass is 484 g/mol. The van der Waals surface area contributed by atoms with E-state index in [1.807, 2.05) is 35.1 Å². The zero-order valence-corrected chi connectivity index (χ0v) is 18.8. The van der Waals surface area contributed by atoms with Gasteiger partial charge in [-0.3, -0.25) is 0 Å². The second-order valence-electron chi connectivity index (χ2n) is 7.08. The van der Waals surface area contributed by atoms with Crippen LogP contribution in [-0.2, 0) is 26.7 Å². The molecule has 0 radical (unpaired) electrons. The lowest BCUT2D eigenvalue weighted by atomic mass is 10.2. The van der Waals surface area contributed by atoms with Crippen LogP contribution in [0.2, 0.25) is 0 Å². The minimum absolute atomic E-state index is 0.153. The van der Waals surface area contributed by atoms with Crippen molar-refractivity contribution in [3.8, 4) is 5.75 Å². The zero-order chi connectivity index (χ0) is 23.5. The molecule has 0 aliphatic carbocycles. The highest BCUT2D eigenvalue weighted by molar-refractivity contribution is 7.94. The molecule has 0 fully saturated rings. The van der Waals surface area contributed by atoms with Gasteiger partial charge in [-0.2, -0.15) is 8.42 Å². The molecule has 170 valence electrons. The summed E-state index contributed by atoms with van der Waals surface area (Å²) in [5.74, 6) is -0.337. The molecule has 3 aromatic rings. The van der Waals surface area contributed by atoms with Crippen LogP contribution in [0.25, 0.3) is 6.08 Å². The molecule has 0 spiro atoms. The Morgan fingerprint density at radius 1 is 0.970 bits per heavy atom. The van der Waals surface area contributed by atoms with Gasteiger partial charge >= 0.3 is 10.2 Å². The fourth-order valence-corrected chi connectivity index (χ4v) is 5.21. The SMILES string of the molecule is O=S(=O)(C=Cc1ccc(N2C=C(O)NS2(=O)=O)c(OCc2ccccc2)c1)c1ccccc1. The molecule has 0 unspecified atom stereocenters. The highest BCUT2D eigenvalue weighted by Gasteiger charge is 2.31. The average molecular weight is 485 g/mol. The predicted molar refractivity (Wildman–Crippen MR) is 125 cm³/mol. The van der Waals surface area contributed by atoms with E-state index in [9.17, 15) is 21.9 Å². The summed E-state index contributed by atoms with van der Waals surface area (Å²) in [5, 5.41) is 10.7. The summed E-state index contributed by atoms with van der Waals surface area (Å²) < 4.78 is 58.5. The van der Waals surface area contributed by atoms with Crippen LogP contribution in [0, 0.1) is 0 Å². The maximum absolute atomic E-state index is 12.5. The maximum Gasteiger partial charge on any atom is 0.330 e. The predicted octanol–water partition coefficient (Wildman–Crippen LogP) is 3.72. The third kappa shape index (κ3) is 5.18. The third-order valence-corrected chi connectivity index (χ3v) is 7.41. The number of hydrogen-bond donors (Lipinski definition) is 2. The minimum atomic E-state index is -4.03. The molecule has 0 bridgehead atoms. The van der Waals surface area contributed by atoms with Crippen LogP contribution in [0.3, 0.4) is 0 Å². The molecule has 4 rings (SSSR count). The Bertz CT molecular complexity index is 1420. The molecule has 10 heteroatoms. The Hall–Kier alpha value is -3.76. The standard InChI is InChI=1S/C23H20N2O6S2/c26-23-16-25(33(29,30)24-23)21-12-11-18(13-14-32(27,28)20-9-5-2-6-10-20)15-22(21)31-17-19-7-3-1-4-8-19/h1-16,24,26H,17H2.